The van der Waals surface area contributed by atoms with Crippen molar-refractivity contribution >= 4 is 17.6 Å². The lowest BCUT2D eigenvalue weighted by molar-refractivity contribution is -0.163. The van der Waals surface area contributed by atoms with E-state index in [4.69, 9.17) is 19.9 Å². The number of hydrogen-bond donors (Lipinski definition) is 2. The quantitative estimate of drug-likeness (QED) is 0.420. The fourth-order valence-electron chi connectivity index (χ4n) is 4.45. The van der Waals surface area contributed by atoms with Gasteiger partial charge in [-0.05, 0) is 43.9 Å². The predicted molar refractivity (Wildman–Crippen MR) is 136 cm³/mol. The summed E-state index contributed by atoms with van der Waals surface area (Å²) in [6, 6.07) is 16.1. The van der Waals surface area contributed by atoms with E-state index < -0.39 is 24.2 Å². The van der Waals surface area contributed by atoms with Gasteiger partial charge < -0.3 is 25.3 Å². The van der Waals surface area contributed by atoms with Gasteiger partial charge in [-0.2, -0.15) is 0 Å². The Morgan fingerprint density at radius 1 is 1.06 bits per heavy atom. The zero-order valence-corrected chi connectivity index (χ0v) is 20.8. The molecule has 2 aromatic carbocycles. The molecule has 1 fully saturated rings. The van der Waals surface area contributed by atoms with E-state index >= 15 is 0 Å². The maximum Gasteiger partial charge on any atom is 0.335 e. The van der Waals surface area contributed by atoms with E-state index in [1.54, 1.807) is 19.1 Å². The van der Waals surface area contributed by atoms with E-state index in [2.05, 4.69) is 5.32 Å². The smallest absolute Gasteiger partial charge is 0.335 e. The van der Waals surface area contributed by atoms with Crippen LogP contribution in [-0.4, -0.2) is 36.7 Å². The summed E-state index contributed by atoms with van der Waals surface area (Å²) >= 11 is 0. The molecule has 7 heteroatoms. The number of ether oxygens (including phenoxy) is 3. The molecular weight excluding hydrogens is 444 g/mol. The zero-order valence-electron chi connectivity index (χ0n) is 20.8. The molecule has 35 heavy (non-hydrogen) atoms. The summed E-state index contributed by atoms with van der Waals surface area (Å²) in [4.78, 5) is 25.9. The van der Waals surface area contributed by atoms with Crippen LogP contribution >= 0.6 is 0 Å². The minimum Gasteiger partial charge on any atom is -0.494 e. The van der Waals surface area contributed by atoms with E-state index in [0.29, 0.717) is 30.4 Å². The van der Waals surface area contributed by atoms with Crippen LogP contribution in [0.4, 0.5) is 5.69 Å². The number of carbonyl (C=O) groups excluding carboxylic acids is 2. The molecule has 2 unspecified atom stereocenters. The van der Waals surface area contributed by atoms with Gasteiger partial charge in [0.25, 0.3) is 5.91 Å². The second-order valence-electron chi connectivity index (χ2n) is 9.15. The number of benzene rings is 2. The number of nitrogens with one attached hydrogen (secondary N) is 1. The molecule has 3 N–H and O–H groups in total. The molecular formula is C28H38N2O5. The van der Waals surface area contributed by atoms with Gasteiger partial charge in [0, 0.05) is 17.8 Å². The highest BCUT2D eigenvalue weighted by Crippen LogP contribution is 2.28. The van der Waals surface area contributed by atoms with Crippen molar-refractivity contribution in [3.63, 3.8) is 0 Å². The molecule has 3 atom stereocenters. The normalized spacial score (nSPS) is 16.7. The lowest BCUT2D eigenvalue weighted by Gasteiger charge is -2.30. The third-order valence-electron chi connectivity index (χ3n) is 6.30. The van der Waals surface area contributed by atoms with E-state index in [0.717, 1.165) is 18.4 Å². The first-order chi connectivity index (χ1) is 17.0. The highest BCUT2D eigenvalue weighted by molar-refractivity contribution is 5.95. The van der Waals surface area contributed by atoms with E-state index in [-0.39, 0.29) is 12.5 Å². The van der Waals surface area contributed by atoms with Crippen molar-refractivity contribution < 1.29 is 23.8 Å². The minimum atomic E-state index is -0.994. The summed E-state index contributed by atoms with van der Waals surface area (Å²) in [6.45, 7) is 4.16. The number of anilines is 1. The number of carbonyl (C=O) groups is 2. The molecule has 0 heterocycles. The average molecular weight is 483 g/mol. The maximum atomic E-state index is 13.3. The Bertz CT molecular complexity index is 930. The van der Waals surface area contributed by atoms with Crippen LogP contribution in [0.25, 0.3) is 0 Å². The van der Waals surface area contributed by atoms with Crippen LogP contribution in [0.5, 0.6) is 5.75 Å². The summed E-state index contributed by atoms with van der Waals surface area (Å²) < 4.78 is 16.9. The summed E-state index contributed by atoms with van der Waals surface area (Å²) in [5.41, 5.74) is 7.99. The van der Waals surface area contributed by atoms with Crippen molar-refractivity contribution in [3.05, 3.63) is 60.2 Å². The van der Waals surface area contributed by atoms with E-state index in [1.165, 1.54) is 19.3 Å². The monoisotopic (exact) mass is 482 g/mol. The van der Waals surface area contributed by atoms with Gasteiger partial charge in [-0.3, -0.25) is 4.79 Å². The summed E-state index contributed by atoms with van der Waals surface area (Å²) in [7, 11) is 0. The second kappa shape index (κ2) is 13.9. The van der Waals surface area contributed by atoms with Crippen LogP contribution in [0, 0.1) is 5.92 Å². The molecule has 1 aliphatic rings. The molecule has 0 bridgehead atoms. The topological polar surface area (TPSA) is 99.9 Å². The van der Waals surface area contributed by atoms with Crippen LogP contribution in [0.1, 0.15) is 57.9 Å². The summed E-state index contributed by atoms with van der Waals surface area (Å²) in [6.07, 6.45) is 4.55. The SMILES string of the molecule is CCOc1cccc(NC(=O)C(OC(C)C(=O)OCc2ccccc2)[C@H](N)CC2CCCCC2)c1. The van der Waals surface area contributed by atoms with Gasteiger partial charge in [0.1, 0.15) is 12.4 Å². The third-order valence-corrected chi connectivity index (χ3v) is 6.30. The van der Waals surface area contributed by atoms with Crippen LogP contribution in [0.2, 0.25) is 0 Å². The van der Waals surface area contributed by atoms with Gasteiger partial charge in [0.2, 0.25) is 0 Å². The van der Waals surface area contributed by atoms with Crippen molar-refractivity contribution in [1.29, 1.82) is 0 Å². The summed E-state index contributed by atoms with van der Waals surface area (Å²) in [5.74, 6) is 0.200. The molecule has 0 spiro atoms. The van der Waals surface area contributed by atoms with Gasteiger partial charge >= 0.3 is 5.97 Å². The summed E-state index contributed by atoms with van der Waals surface area (Å²) in [5, 5.41) is 2.89. The second-order valence-corrected chi connectivity index (χ2v) is 9.15. The first-order valence-electron chi connectivity index (χ1n) is 12.6. The first kappa shape index (κ1) is 26.7. The molecule has 1 amide bonds. The van der Waals surface area contributed by atoms with Crippen LogP contribution in [0.15, 0.2) is 54.6 Å². The van der Waals surface area contributed by atoms with Gasteiger partial charge in [0.05, 0.1) is 6.61 Å². The molecule has 7 nitrogen and oxygen atoms in total. The fourth-order valence-corrected chi connectivity index (χ4v) is 4.45. The Balaban J connectivity index is 1.66. The molecule has 1 aliphatic carbocycles. The van der Waals surface area contributed by atoms with Crippen LogP contribution < -0.4 is 15.8 Å². The largest absolute Gasteiger partial charge is 0.494 e. The van der Waals surface area contributed by atoms with Gasteiger partial charge in [-0.1, -0.05) is 68.5 Å². The average Bonchev–Trinajstić information content (AvgIpc) is 2.87. The first-order valence-corrected chi connectivity index (χ1v) is 12.6. The standard InChI is InChI=1S/C28H38N2O5/c1-3-33-24-16-10-15-23(18-24)30-27(31)26(25(29)17-21-11-6-4-7-12-21)35-20(2)28(32)34-19-22-13-8-5-9-14-22/h5,8-10,13-16,18,20-21,25-26H,3-4,6-7,11-12,17,19,29H2,1-2H3,(H,30,31)/t20?,25-,26?/m1/s1. The number of amides is 1. The molecule has 2 aromatic rings. The Kier molecular flexibility index (Phi) is 10.6. The Morgan fingerprint density at radius 2 is 1.80 bits per heavy atom. The van der Waals surface area contributed by atoms with Gasteiger partial charge in [0.15, 0.2) is 12.2 Å². The molecule has 190 valence electrons. The Labute approximate surface area is 208 Å². The Hall–Kier alpha value is -2.90. The molecule has 0 radical (unpaired) electrons. The van der Waals surface area contributed by atoms with Crippen molar-refractivity contribution in [2.45, 2.75) is 77.2 Å². The van der Waals surface area contributed by atoms with Crippen molar-refractivity contribution in [2.24, 2.45) is 11.7 Å². The van der Waals surface area contributed by atoms with Crippen molar-refractivity contribution in [3.8, 4) is 5.75 Å². The lowest BCUT2D eigenvalue weighted by Crippen LogP contribution is -2.49. The number of esters is 1. The molecule has 0 aromatic heterocycles. The number of rotatable bonds is 12. The number of nitrogens with two attached hydrogens (primary N) is 1. The van der Waals surface area contributed by atoms with E-state index in [9.17, 15) is 9.59 Å². The number of hydrogen-bond acceptors (Lipinski definition) is 6. The highest BCUT2D eigenvalue weighted by Gasteiger charge is 2.33. The highest BCUT2D eigenvalue weighted by atomic mass is 16.6. The third kappa shape index (κ3) is 8.67. The maximum absolute atomic E-state index is 13.3. The van der Waals surface area contributed by atoms with Crippen molar-refractivity contribution in [1.82, 2.24) is 0 Å². The molecule has 0 saturated heterocycles. The van der Waals surface area contributed by atoms with Gasteiger partial charge in [-0.25, -0.2) is 4.79 Å². The van der Waals surface area contributed by atoms with Crippen molar-refractivity contribution in [2.75, 3.05) is 11.9 Å². The Morgan fingerprint density at radius 3 is 2.51 bits per heavy atom. The lowest BCUT2D eigenvalue weighted by atomic mass is 9.84. The fraction of sp³-hybridized carbons (Fsp3) is 0.500. The molecule has 0 aliphatic heterocycles. The van der Waals surface area contributed by atoms with Gasteiger partial charge in [-0.15, -0.1) is 0 Å². The van der Waals surface area contributed by atoms with E-state index in [1.807, 2.05) is 49.4 Å². The zero-order chi connectivity index (χ0) is 25.0. The minimum absolute atomic E-state index is 0.141. The van der Waals surface area contributed by atoms with Crippen LogP contribution in [-0.2, 0) is 25.7 Å². The van der Waals surface area contributed by atoms with Crippen LogP contribution in [0.3, 0.4) is 0 Å². The molecule has 3 rings (SSSR count). The predicted octanol–water partition coefficient (Wildman–Crippen LogP) is 4.84. The molecule has 1 saturated carbocycles.